The first kappa shape index (κ1) is 28.0. The third-order valence-corrected chi connectivity index (χ3v) is 8.31. The zero-order valence-corrected chi connectivity index (χ0v) is 22.9. The second kappa shape index (κ2) is 10.8. The summed E-state index contributed by atoms with van der Waals surface area (Å²) in [7, 11) is 1.73. The molecule has 7 nitrogen and oxygen atoms in total. The average Bonchev–Trinajstić information content (AvgIpc) is 2.94. The van der Waals surface area contributed by atoms with E-state index in [1.54, 1.807) is 24.1 Å². The summed E-state index contributed by atoms with van der Waals surface area (Å²) >= 11 is 0. The van der Waals surface area contributed by atoms with Gasteiger partial charge in [0.15, 0.2) is 0 Å². The second-order valence-electron chi connectivity index (χ2n) is 10.7. The maximum absolute atomic E-state index is 13.4. The first-order valence-corrected chi connectivity index (χ1v) is 13.7. The fourth-order valence-electron chi connectivity index (χ4n) is 5.79. The number of carbonyl (C=O) groups excluding carboxylic acids is 2. The zero-order valence-electron chi connectivity index (χ0n) is 22.9. The van der Waals surface area contributed by atoms with Gasteiger partial charge in [-0.25, -0.2) is 4.79 Å². The van der Waals surface area contributed by atoms with Crippen molar-refractivity contribution in [1.82, 2.24) is 4.90 Å². The number of benzene rings is 2. The van der Waals surface area contributed by atoms with Crippen LogP contribution < -0.4 is 15.0 Å². The van der Waals surface area contributed by atoms with Gasteiger partial charge in [-0.15, -0.1) is 0 Å². The fraction of sp³-hybridized carbons (Fsp3) is 0.467. The van der Waals surface area contributed by atoms with Gasteiger partial charge in [0.25, 0.3) is 0 Å². The van der Waals surface area contributed by atoms with E-state index in [1.165, 1.54) is 12.1 Å². The van der Waals surface area contributed by atoms with E-state index in [0.29, 0.717) is 55.8 Å². The second-order valence-corrected chi connectivity index (χ2v) is 10.7. The molecule has 0 atom stereocenters. The van der Waals surface area contributed by atoms with Crippen molar-refractivity contribution >= 4 is 28.9 Å². The fourth-order valence-corrected chi connectivity index (χ4v) is 5.79. The van der Waals surface area contributed by atoms with Gasteiger partial charge in [-0.05, 0) is 61.1 Å². The van der Waals surface area contributed by atoms with Crippen molar-refractivity contribution < 1.29 is 32.2 Å². The van der Waals surface area contributed by atoms with Crippen molar-refractivity contribution in [3.8, 4) is 5.75 Å². The molecule has 0 spiro atoms. The molecule has 0 unspecified atom stereocenters. The number of fused-ring (bicyclic) bond motifs is 2. The van der Waals surface area contributed by atoms with Crippen molar-refractivity contribution in [2.45, 2.75) is 70.3 Å². The molecule has 1 N–H and O–H groups in total. The molecule has 3 amide bonds. The number of alkyl halides is 3. The van der Waals surface area contributed by atoms with E-state index >= 15 is 0 Å². The van der Waals surface area contributed by atoms with Crippen LogP contribution in [-0.2, 0) is 22.3 Å². The maximum atomic E-state index is 13.4. The van der Waals surface area contributed by atoms with Crippen LogP contribution in [0.2, 0.25) is 0 Å². The van der Waals surface area contributed by atoms with E-state index in [0.717, 1.165) is 36.2 Å². The number of amides is 3. The summed E-state index contributed by atoms with van der Waals surface area (Å²) in [5, 5.41) is 2.87. The van der Waals surface area contributed by atoms with Crippen LogP contribution in [0.25, 0.3) is 5.57 Å². The number of anilines is 2. The lowest BCUT2D eigenvalue weighted by molar-refractivity contribution is -0.137. The van der Waals surface area contributed by atoms with Gasteiger partial charge in [-0.1, -0.05) is 26.0 Å². The summed E-state index contributed by atoms with van der Waals surface area (Å²) in [5.74, 6) is -0.274. The summed E-state index contributed by atoms with van der Waals surface area (Å²) in [6, 6.07) is 8.94. The average molecular weight is 558 g/mol. The molecule has 0 aliphatic carbocycles. The number of hydrogen-bond acceptors (Lipinski definition) is 4. The predicted molar refractivity (Wildman–Crippen MR) is 146 cm³/mol. The van der Waals surface area contributed by atoms with Gasteiger partial charge in [0.05, 0.1) is 11.3 Å². The molecule has 2 aromatic rings. The number of nitrogens with one attached hydrogen (secondary N) is 1. The van der Waals surface area contributed by atoms with Gasteiger partial charge in [0.1, 0.15) is 11.4 Å². The Kier molecular flexibility index (Phi) is 7.56. The minimum absolute atomic E-state index is 0.0856. The highest BCUT2D eigenvalue weighted by atomic mass is 19.4. The summed E-state index contributed by atoms with van der Waals surface area (Å²) in [5.41, 5.74) is 1.84. The minimum atomic E-state index is -4.50. The first-order chi connectivity index (χ1) is 19.0. The van der Waals surface area contributed by atoms with Gasteiger partial charge in [-0.3, -0.25) is 9.69 Å². The molecule has 2 aromatic carbocycles. The first-order valence-electron chi connectivity index (χ1n) is 13.7. The number of halogens is 3. The van der Waals surface area contributed by atoms with Crippen LogP contribution in [0.3, 0.4) is 0 Å². The molecule has 0 saturated carbocycles. The van der Waals surface area contributed by atoms with Crippen LogP contribution in [0, 0.1) is 0 Å². The molecule has 0 bridgehead atoms. The number of hydrogen-bond donors (Lipinski definition) is 1. The van der Waals surface area contributed by atoms with E-state index in [4.69, 9.17) is 9.47 Å². The topological polar surface area (TPSA) is 71.1 Å². The maximum Gasteiger partial charge on any atom is 0.416 e. The van der Waals surface area contributed by atoms with Crippen molar-refractivity contribution in [3.63, 3.8) is 0 Å². The molecule has 5 rings (SSSR count). The highest BCUT2D eigenvalue weighted by Crippen LogP contribution is 2.45. The molecule has 1 fully saturated rings. The number of urea groups is 1. The SMILES string of the molecule is CCC1(CC)CC(=CC(=O)Nc2ccc3c(c2)N(C)C(=O)N(C2CCOCC2)C3)c2ccc(C(F)(F)F)cc2O1. The van der Waals surface area contributed by atoms with Gasteiger partial charge in [0, 0.05) is 56.6 Å². The lowest BCUT2D eigenvalue weighted by Crippen LogP contribution is -2.51. The van der Waals surface area contributed by atoms with Crippen molar-refractivity contribution in [3.05, 3.63) is 59.2 Å². The van der Waals surface area contributed by atoms with E-state index < -0.39 is 23.2 Å². The zero-order chi connectivity index (χ0) is 28.7. The Bertz CT molecular complexity index is 1330. The molecule has 1 saturated heterocycles. The number of rotatable bonds is 5. The Morgan fingerprint density at radius 1 is 1.12 bits per heavy atom. The third-order valence-electron chi connectivity index (χ3n) is 8.31. The van der Waals surface area contributed by atoms with Crippen LogP contribution in [0.15, 0.2) is 42.5 Å². The molecule has 10 heteroatoms. The summed E-state index contributed by atoms with van der Waals surface area (Å²) < 4.78 is 51.7. The Labute approximate surface area is 231 Å². The number of ether oxygens (including phenoxy) is 2. The molecule has 214 valence electrons. The van der Waals surface area contributed by atoms with Crippen molar-refractivity contribution in [2.24, 2.45) is 0 Å². The lowest BCUT2D eigenvalue weighted by Gasteiger charge is -2.41. The summed E-state index contributed by atoms with van der Waals surface area (Å²) in [4.78, 5) is 29.8. The largest absolute Gasteiger partial charge is 0.486 e. The van der Waals surface area contributed by atoms with Gasteiger partial charge in [0.2, 0.25) is 5.91 Å². The molecule has 3 heterocycles. The Hall–Kier alpha value is -3.53. The number of nitrogens with zero attached hydrogens (tertiary/aromatic N) is 2. The van der Waals surface area contributed by atoms with Gasteiger partial charge >= 0.3 is 12.2 Å². The normalized spacial score (nSPS) is 20.1. The Morgan fingerprint density at radius 3 is 2.52 bits per heavy atom. The highest BCUT2D eigenvalue weighted by molar-refractivity contribution is 6.05. The van der Waals surface area contributed by atoms with E-state index in [9.17, 15) is 22.8 Å². The van der Waals surface area contributed by atoms with Gasteiger partial charge < -0.3 is 19.7 Å². The van der Waals surface area contributed by atoms with E-state index in [1.807, 2.05) is 24.8 Å². The molecule has 3 aliphatic heterocycles. The van der Waals surface area contributed by atoms with Crippen LogP contribution in [0.4, 0.5) is 29.3 Å². The van der Waals surface area contributed by atoms with E-state index in [-0.39, 0.29) is 17.8 Å². The quantitative estimate of drug-likeness (QED) is 0.420. The van der Waals surface area contributed by atoms with Crippen LogP contribution >= 0.6 is 0 Å². The molecular formula is C30H34F3N3O4. The molecule has 0 aromatic heterocycles. The molecule has 3 aliphatic rings. The minimum Gasteiger partial charge on any atom is -0.486 e. The highest BCUT2D eigenvalue weighted by Gasteiger charge is 2.39. The Morgan fingerprint density at radius 2 is 1.85 bits per heavy atom. The lowest BCUT2D eigenvalue weighted by atomic mass is 9.83. The standard InChI is InChI=1S/C30H34F3N3O4/c1-4-29(5-2)17-20(24-9-7-21(30(31,32)33)15-26(24)40-29)14-27(37)34-22-8-6-19-18-36(23-10-12-39-13-11-23)28(38)35(3)25(19)16-22/h6-9,14-16,23H,4-5,10-13,17-18H2,1-3H3,(H,34,37). The third kappa shape index (κ3) is 5.41. The summed E-state index contributed by atoms with van der Waals surface area (Å²) in [6.45, 7) is 5.63. The summed E-state index contributed by atoms with van der Waals surface area (Å²) in [6.07, 6.45) is 0.107. The van der Waals surface area contributed by atoms with Crippen molar-refractivity contribution in [1.29, 1.82) is 0 Å². The van der Waals surface area contributed by atoms with E-state index in [2.05, 4.69) is 5.32 Å². The molecule has 40 heavy (non-hydrogen) atoms. The molecule has 0 radical (unpaired) electrons. The van der Waals surface area contributed by atoms with Crippen LogP contribution in [0.1, 0.15) is 62.6 Å². The smallest absolute Gasteiger partial charge is 0.416 e. The Balaban J connectivity index is 1.39. The van der Waals surface area contributed by atoms with Crippen LogP contribution in [0.5, 0.6) is 5.75 Å². The predicted octanol–water partition coefficient (Wildman–Crippen LogP) is 6.62. The monoisotopic (exact) mass is 557 g/mol. The van der Waals surface area contributed by atoms with Crippen molar-refractivity contribution in [2.75, 3.05) is 30.5 Å². The van der Waals surface area contributed by atoms with Crippen LogP contribution in [-0.4, -0.2) is 48.7 Å². The molecular weight excluding hydrogens is 523 g/mol. The van der Waals surface area contributed by atoms with Gasteiger partial charge in [-0.2, -0.15) is 13.2 Å². The number of carbonyl (C=O) groups is 2.